The molecule has 1 aromatic rings. The third-order valence-corrected chi connectivity index (χ3v) is 4.24. The molecular weight excluding hydrogens is 232 g/mol. The molecule has 0 aliphatic carbocycles. The van der Waals surface area contributed by atoms with Crippen LogP contribution in [0, 0.1) is 0 Å². The van der Waals surface area contributed by atoms with Gasteiger partial charge < -0.3 is 10.1 Å². The summed E-state index contributed by atoms with van der Waals surface area (Å²) in [6, 6.07) is 4.08. The maximum absolute atomic E-state index is 5.35. The van der Waals surface area contributed by atoms with Crippen LogP contribution in [0.2, 0.25) is 0 Å². The lowest BCUT2D eigenvalue weighted by molar-refractivity contribution is 0.100. The minimum absolute atomic E-state index is 0.809. The largest absolute Gasteiger partial charge is 0.381 e. The highest BCUT2D eigenvalue weighted by Crippen LogP contribution is 2.21. The predicted molar refractivity (Wildman–Crippen MR) is 72.2 cm³/mol. The number of nitrogens with zero attached hydrogens (tertiary/aromatic N) is 1. The van der Waals surface area contributed by atoms with E-state index >= 15 is 0 Å². The monoisotopic (exact) mass is 252 g/mol. The summed E-state index contributed by atoms with van der Waals surface area (Å²) < 4.78 is 5.35. The first-order valence-corrected chi connectivity index (χ1v) is 7.29. The van der Waals surface area contributed by atoms with Gasteiger partial charge in [0.25, 0.3) is 0 Å². The van der Waals surface area contributed by atoms with Crippen molar-refractivity contribution in [3.63, 3.8) is 0 Å². The van der Waals surface area contributed by atoms with Crippen molar-refractivity contribution < 1.29 is 4.74 Å². The summed E-state index contributed by atoms with van der Waals surface area (Å²) in [4.78, 5) is 4.10. The zero-order valence-electron chi connectivity index (χ0n) is 10.1. The Morgan fingerprint density at radius 2 is 2.29 bits per heavy atom. The average Bonchev–Trinajstić information content (AvgIpc) is 2.41. The quantitative estimate of drug-likeness (QED) is 0.786. The Kier molecular flexibility index (Phi) is 5.82. The number of hydrogen-bond acceptors (Lipinski definition) is 4. The molecule has 2 rings (SSSR count). The molecule has 1 aliphatic heterocycles. The van der Waals surface area contributed by atoms with E-state index in [9.17, 15) is 0 Å². The first-order chi connectivity index (χ1) is 8.45. The van der Waals surface area contributed by atoms with Crippen LogP contribution < -0.4 is 5.32 Å². The Bertz CT molecular complexity index is 302. The topological polar surface area (TPSA) is 34.2 Å². The molecule has 0 aromatic carbocycles. The van der Waals surface area contributed by atoms with E-state index in [1.807, 2.05) is 18.5 Å². The highest BCUT2D eigenvalue weighted by molar-refractivity contribution is 7.99. The number of rotatable bonds is 6. The smallest absolute Gasteiger partial charge is 0.0476 e. The minimum Gasteiger partial charge on any atom is -0.381 e. The summed E-state index contributed by atoms with van der Waals surface area (Å²) in [7, 11) is 0. The molecule has 0 spiro atoms. The van der Waals surface area contributed by atoms with Crippen LogP contribution in [0.3, 0.4) is 0 Å². The maximum atomic E-state index is 5.35. The van der Waals surface area contributed by atoms with E-state index in [1.54, 1.807) is 0 Å². The molecule has 0 unspecified atom stereocenters. The fourth-order valence-electron chi connectivity index (χ4n) is 1.88. The van der Waals surface area contributed by atoms with Gasteiger partial charge in [0.2, 0.25) is 0 Å². The van der Waals surface area contributed by atoms with Crippen LogP contribution in [0.25, 0.3) is 0 Å². The van der Waals surface area contributed by atoms with Crippen molar-refractivity contribution in [1.29, 1.82) is 0 Å². The van der Waals surface area contributed by atoms with E-state index in [1.165, 1.54) is 24.2 Å². The van der Waals surface area contributed by atoms with Gasteiger partial charge in [0.1, 0.15) is 0 Å². The molecule has 1 aliphatic rings. The Hall–Kier alpha value is -0.580. The summed E-state index contributed by atoms with van der Waals surface area (Å²) in [6.07, 6.45) is 6.16. The van der Waals surface area contributed by atoms with Crippen molar-refractivity contribution >= 4 is 11.8 Å². The normalized spacial score (nSPS) is 17.2. The predicted octanol–water partition coefficient (Wildman–Crippen LogP) is 2.08. The Labute approximate surface area is 107 Å². The van der Waals surface area contributed by atoms with Crippen molar-refractivity contribution in [3.05, 3.63) is 30.1 Å². The molecule has 0 radical (unpaired) electrons. The molecule has 2 heterocycles. The molecule has 0 bridgehead atoms. The van der Waals surface area contributed by atoms with E-state index in [-0.39, 0.29) is 0 Å². The molecule has 1 saturated heterocycles. The van der Waals surface area contributed by atoms with E-state index in [2.05, 4.69) is 28.1 Å². The zero-order valence-corrected chi connectivity index (χ0v) is 10.9. The Morgan fingerprint density at radius 3 is 3.06 bits per heavy atom. The van der Waals surface area contributed by atoms with E-state index in [0.717, 1.165) is 31.6 Å². The number of thioether (sulfide) groups is 1. The Morgan fingerprint density at radius 1 is 1.41 bits per heavy atom. The average molecular weight is 252 g/mol. The standard InChI is InChI=1S/C13H20N2OS/c1-2-12(10-14-5-1)11-15-6-9-17-13-3-7-16-8-4-13/h1-2,5,10,13,15H,3-4,6-9,11H2. The van der Waals surface area contributed by atoms with Crippen LogP contribution in [-0.2, 0) is 11.3 Å². The molecule has 1 N–H and O–H groups in total. The highest BCUT2D eigenvalue weighted by atomic mass is 32.2. The van der Waals surface area contributed by atoms with Gasteiger partial charge in [-0.15, -0.1) is 0 Å². The molecule has 0 atom stereocenters. The lowest BCUT2D eigenvalue weighted by Gasteiger charge is -2.21. The third kappa shape index (κ3) is 5.06. The first kappa shape index (κ1) is 12.9. The van der Waals surface area contributed by atoms with E-state index < -0.39 is 0 Å². The molecule has 0 saturated carbocycles. The summed E-state index contributed by atoms with van der Waals surface area (Å²) in [6.45, 7) is 3.88. The van der Waals surface area contributed by atoms with Crippen LogP contribution in [0.1, 0.15) is 18.4 Å². The van der Waals surface area contributed by atoms with E-state index in [0.29, 0.717) is 0 Å². The molecular formula is C13H20N2OS. The molecule has 0 amide bonds. The second kappa shape index (κ2) is 7.69. The molecule has 1 fully saturated rings. The third-order valence-electron chi connectivity index (χ3n) is 2.85. The summed E-state index contributed by atoms with van der Waals surface area (Å²) in [5.41, 5.74) is 1.25. The molecule has 3 nitrogen and oxygen atoms in total. The van der Waals surface area contributed by atoms with Gasteiger partial charge in [-0.2, -0.15) is 11.8 Å². The fourth-order valence-corrected chi connectivity index (χ4v) is 3.00. The minimum atomic E-state index is 0.809. The number of hydrogen-bond donors (Lipinski definition) is 1. The van der Waals surface area contributed by atoms with Gasteiger partial charge >= 0.3 is 0 Å². The maximum Gasteiger partial charge on any atom is 0.0476 e. The molecule has 17 heavy (non-hydrogen) atoms. The second-order valence-corrected chi connectivity index (χ2v) is 5.63. The van der Waals surface area contributed by atoms with Crippen LogP contribution in [0.4, 0.5) is 0 Å². The van der Waals surface area contributed by atoms with Crippen molar-refractivity contribution in [2.24, 2.45) is 0 Å². The van der Waals surface area contributed by atoms with Crippen molar-refractivity contribution in [1.82, 2.24) is 10.3 Å². The van der Waals surface area contributed by atoms with Gasteiger partial charge in [0, 0.05) is 49.7 Å². The summed E-state index contributed by atoms with van der Waals surface area (Å²) in [5.74, 6) is 1.19. The second-order valence-electron chi connectivity index (χ2n) is 4.22. The SMILES string of the molecule is c1cncc(CNCCSC2CCOCC2)c1. The van der Waals surface area contributed by atoms with Crippen LogP contribution >= 0.6 is 11.8 Å². The van der Waals surface area contributed by atoms with Crippen LogP contribution in [-0.4, -0.2) is 35.7 Å². The Balaban J connectivity index is 1.51. The number of pyridine rings is 1. The number of nitrogens with one attached hydrogen (secondary N) is 1. The van der Waals surface area contributed by atoms with Crippen molar-refractivity contribution in [3.8, 4) is 0 Å². The van der Waals surface area contributed by atoms with E-state index in [4.69, 9.17) is 4.74 Å². The van der Waals surface area contributed by atoms with Gasteiger partial charge in [0.05, 0.1) is 0 Å². The van der Waals surface area contributed by atoms with Gasteiger partial charge in [-0.05, 0) is 24.5 Å². The number of ether oxygens (including phenoxy) is 1. The lowest BCUT2D eigenvalue weighted by Crippen LogP contribution is -2.21. The number of aromatic nitrogens is 1. The van der Waals surface area contributed by atoms with Crippen molar-refractivity contribution in [2.45, 2.75) is 24.6 Å². The van der Waals surface area contributed by atoms with Gasteiger partial charge in [-0.25, -0.2) is 0 Å². The molecule has 94 valence electrons. The van der Waals surface area contributed by atoms with Gasteiger partial charge in [-0.1, -0.05) is 6.07 Å². The zero-order chi connectivity index (χ0) is 11.8. The molecule has 1 aromatic heterocycles. The fraction of sp³-hybridized carbons (Fsp3) is 0.615. The van der Waals surface area contributed by atoms with Gasteiger partial charge in [-0.3, -0.25) is 4.98 Å². The van der Waals surface area contributed by atoms with Crippen molar-refractivity contribution in [2.75, 3.05) is 25.5 Å². The summed E-state index contributed by atoms with van der Waals surface area (Å²) in [5, 5.41) is 4.26. The van der Waals surface area contributed by atoms with Gasteiger partial charge in [0.15, 0.2) is 0 Å². The first-order valence-electron chi connectivity index (χ1n) is 6.24. The summed E-state index contributed by atoms with van der Waals surface area (Å²) >= 11 is 2.07. The lowest BCUT2D eigenvalue weighted by atomic mass is 10.2. The van der Waals surface area contributed by atoms with Crippen LogP contribution in [0.15, 0.2) is 24.5 Å². The molecule has 4 heteroatoms. The highest BCUT2D eigenvalue weighted by Gasteiger charge is 2.13. The van der Waals surface area contributed by atoms with Crippen LogP contribution in [0.5, 0.6) is 0 Å².